The van der Waals surface area contributed by atoms with E-state index in [2.05, 4.69) is 4.72 Å². The molecule has 0 aromatic carbocycles. The maximum absolute atomic E-state index is 12.8. The van der Waals surface area contributed by atoms with Gasteiger partial charge in [0.1, 0.15) is 0 Å². The van der Waals surface area contributed by atoms with Gasteiger partial charge in [-0.2, -0.15) is 8.78 Å². The third kappa shape index (κ3) is 2.76. The summed E-state index contributed by atoms with van der Waals surface area (Å²) in [6.45, 7) is 2.50. The Kier molecular flexibility index (Phi) is 3.97. The molecule has 1 heterocycles. The first kappa shape index (κ1) is 17.0. The second-order valence-electron chi connectivity index (χ2n) is 7.15. The largest absolute Gasteiger partial charge is 0.384 e. The van der Waals surface area contributed by atoms with Gasteiger partial charge in [0.2, 0.25) is 5.91 Å². The van der Waals surface area contributed by atoms with Crippen molar-refractivity contribution in [1.82, 2.24) is 9.62 Å². The topological polar surface area (TPSA) is 75.7 Å². The van der Waals surface area contributed by atoms with Crippen LogP contribution in [0, 0.1) is 10.8 Å². The summed E-state index contributed by atoms with van der Waals surface area (Å²) in [6.07, 6.45) is 3.00. The van der Waals surface area contributed by atoms with E-state index in [0.717, 1.165) is 25.7 Å². The van der Waals surface area contributed by atoms with Gasteiger partial charge in [-0.05, 0) is 32.6 Å². The number of sulfonamides is 1. The molecule has 0 radical (unpaired) electrons. The van der Waals surface area contributed by atoms with Gasteiger partial charge < -0.3 is 9.64 Å². The van der Waals surface area contributed by atoms with E-state index in [-0.39, 0.29) is 11.3 Å². The summed E-state index contributed by atoms with van der Waals surface area (Å²) >= 11 is 0. The number of halogens is 2. The monoisotopic (exact) mass is 352 g/mol. The van der Waals surface area contributed by atoms with Crippen molar-refractivity contribution in [1.29, 1.82) is 0 Å². The molecule has 2 saturated carbocycles. The van der Waals surface area contributed by atoms with E-state index in [1.165, 1.54) is 0 Å². The lowest BCUT2D eigenvalue weighted by atomic mass is 9.98. The molecule has 1 spiro atoms. The number of carbonyl (C=O) groups excluding carboxylic acids is 1. The van der Waals surface area contributed by atoms with Crippen LogP contribution in [0.3, 0.4) is 0 Å². The fourth-order valence-electron chi connectivity index (χ4n) is 3.76. The lowest BCUT2D eigenvalue weighted by molar-refractivity contribution is -0.139. The SMILES string of the molecule is COCC1(C(=O)N2CC3(CC3)[C@H](NS(=O)(=O)C(F)F)[C@@H]2C)CC1. The molecule has 0 unspecified atom stereocenters. The predicted octanol–water partition coefficient (Wildman–Crippen LogP) is 0.935. The Morgan fingerprint density at radius 3 is 2.39 bits per heavy atom. The molecule has 3 fully saturated rings. The van der Waals surface area contributed by atoms with Gasteiger partial charge in [-0.25, -0.2) is 13.1 Å². The molecule has 3 rings (SSSR count). The Morgan fingerprint density at radius 1 is 1.35 bits per heavy atom. The Labute approximate surface area is 134 Å². The minimum Gasteiger partial charge on any atom is -0.384 e. The van der Waals surface area contributed by atoms with Gasteiger partial charge >= 0.3 is 5.76 Å². The average Bonchev–Trinajstić information content (AvgIpc) is 3.37. The summed E-state index contributed by atoms with van der Waals surface area (Å²) in [5.74, 6) is -3.50. The van der Waals surface area contributed by atoms with Crippen LogP contribution in [0.1, 0.15) is 32.6 Å². The van der Waals surface area contributed by atoms with Crippen LogP contribution in [0.4, 0.5) is 8.78 Å². The second kappa shape index (κ2) is 5.35. The highest BCUT2D eigenvalue weighted by Crippen LogP contribution is 2.57. The molecule has 132 valence electrons. The van der Waals surface area contributed by atoms with Gasteiger partial charge in [-0.15, -0.1) is 0 Å². The first-order valence-electron chi connectivity index (χ1n) is 7.77. The van der Waals surface area contributed by atoms with Gasteiger partial charge in [0, 0.05) is 31.2 Å². The number of hydrogen-bond donors (Lipinski definition) is 1. The van der Waals surface area contributed by atoms with E-state index in [4.69, 9.17) is 4.74 Å². The van der Waals surface area contributed by atoms with Crippen molar-refractivity contribution in [2.75, 3.05) is 20.3 Å². The molecule has 6 nitrogen and oxygen atoms in total. The van der Waals surface area contributed by atoms with E-state index in [1.807, 2.05) is 0 Å². The summed E-state index contributed by atoms with van der Waals surface area (Å²) in [5, 5.41) is 0. The summed E-state index contributed by atoms with van der Waals surface area (Å²) in [4.78, 5) is 14.5. The van der Waals surface area contributed by atoms with Crippen LogP contribution in [0.5, 0.6) is 0 Å². The van der Waals surface area contributed by atoms with Gasteiger partial charge in [-0.1, -0.05) is 0 Å². The average molecular weight is 352 g/mol. The Morgan fingerprint density at radius 2 is 1.96 bits per heavy atom. The number of alkyl halides is 2. The zero-order chi connectivity index (χ0) is 17.0. The van der Waals surface area contributed by atoms with Crippen LogP contribution >= 0.6 is 0 Å². The fraction of sp³-hybridized carbons (Fsp3) is 0.929. The highest BCUT2D eigenvalue weighted by Gasteiger charge is 2.63. The summed E-state index contributed by atoms with van der Waals surface area (Å²) in [6, 6.07) is -1.09. The van der Waals surface area contributed by atoms with E-state index in [9.17, 15) is 22.0 Å². The summed E-state index contributed by atoms with van der Waals surface area (Å²) in [5.41, 5.74) is -0.893. The molecule has 1 amide bonds. The van der Waals surface area contributed by atoms with E-state index < -0.39 is 33.3 Å². The Bertz CT molecular complexity index is 602. The lowest BCUT2D eigenvalue weighted by Crippen LogP contribution is -2.49. The number of nitrogens with zero attached hydrogens (tertiary/aromatic N) is 1. The molecular formula is C14H22F2N2O4S. The highest BCUT2D eigenvalue weighted by molar-refractivity contribution is 7.89. The van der Waals surface area contributed by atoms with Crippen molar-refractivity contribution in [3.63, 3.8) is 0 Å². The molecule has 2 aliphatic carbocycles. The molecule has 3 aliphatic rings. The first-order chi connectivity index (χ1) is 10.7. The number of amides is 1. The van der Waals surface area contributed by atoms with E-state index in [0.29, 0.717) is 13.2 Å². The van der Waals surface area contributed by atoms with Crippen molar-refractivity contribution in [3.05, 3.63) is 0 Å². The number of carbonyl (C=O) groups is 1. The number of likely N-dealkylation sites (tertiary alicyclic amines) is 1. The molecule has 1 saturated heterocycles. The van der Waals surface area contributed by atoms with Gasteiger partial charge in [0.15, 0.2) is 0 Å². The third-order valence-corrected chi connectivity index (χ3v) is 6.58. The van der Waals surface area contributed by atoms with Crippen molar-refractivity contribution in [3.8, 4) is 0 Å². The van der Waals surface area contributed by atoms with Crippen molar-refractivity contribution in [2.24, 2.45) is 10.8 Å². The molecule has 0 aromatic rings. The summed E-state index contributed by atoms with van der Waals surface area (Å²) in [7, 11) is -3.13. The Hall–Kier alpha value is -0.800. The normalized spacial score (nSPS) is 30.9. The number of rotatable bonds is 6. The van der Waals surface area contributed by atoms with Gasteiger partial charge in [-0.3, -0.25) is 4.79 Å². The maximum atomic E-state index is 12.8. The summed E-state index contributed by atoms with van der Waals surface area (Å²) < 4.78 is 55.7. The van der Waals surface area contributed by atoms with Crippen LogP contribution in [0.25, 0.3) is 0 Å². The van der Waals surface area contributed by atoms with Crippen LogP contribution in [-0.4, -0.2) is 57.3 Å². The predicted molar refractivity (Wildman–Crippen MR) is 78.2 cm³/mol. The van der Waals surface area contributed by atoms with Crippen LogP contribution in [0.15, 0.2) is 0 Å². The van der Waals surface area contributed by atoms with Crippen LogP contribution in [-0.2, 0) is 19.6 Å². The second-order valence-corrected chi connectivity index (χ2v) is 8.83. The van der Waals surface area contributed by atoms with Crippen molar-refractivity contribution < 1.29 is 26.7 Å². The van der Waals surface area contributed by atoms with Gasteiger partial charge in [0.25, 0.3) is 10.0 Å². The van der Waals surface area contributed by atoms with Gasteiger partial charge in [0.05, 0.1) is 12.0 Å². The maximum Gasteiger partial charge on any atom is 0.350 e. The molecule has 23 heavy (non-hydrogen) atoms. The minimum atomic E-state index is -4.67. The quantitative estimate of drug-likeness (QED) is 0.772. The van der Waals surface area contributed by atoms with Crippen molar-refractivity contribution in [2.45, 2.75) is 50.4 Å². The fourth-order valence-corrected chi connectivity index (χ4v) is 4.67. The number of nitrogens with one attached hydrogen (secondary N) is 1. The molecule has 0 bridgehead atoms. The number of ether oxygens (including phenoxy) is 1. The Balaban J connectivity index is 1.78. The first-order valence-corrected chi connectivity index (χ1v) is 9.31. The molecule has 1 aliphatic heterocycles. The number of hydrogen-bond acceptors (Lipinski definition) is 4. The molecule has 2 atom stereocenters. The molecule has 0 aromatic heterocycles. The zero-order valence-corrected chi connectivity index (χ0v) is 14.0. The minimum absolute atomic E-state index is 0.0446. The van der Waals surface area contributed by atoms with Crippen molar-refractivity contribution >= 4 is 15.9 Å². The van der Waals surface area contributed by atoms with E-state index in [1.54, 1.807) is 18.9 Å². The number of methoxy groups -OCH3 is 1. The third-order valence-electron chi connectivity index (χ3n) is 5.53. The molecule has 9 heteroatoms. The molecule has 1 N–H and O–H groups in total. The highest BCUT2D eigenvalue weighted by atomic mass is 32.2. The smallest absolute Gasteiger partial charge is 0.350 e. The van der Waals surface area contributed by atoms with E-state index >= 15 is 0 Å². The van der Waals surface area contributed by atoms with Crippen LogP contribution in [0.2, 0.25) is 0 Å². The standard InChI is InChI=1S/C14H22F2N2O4S/c1-9-10(17-23(20,21)12(15)16)13(3-4-13)7-18(9)11(19)14(5-6-14)8-22-2/h9-10,12,17H,3-8H2,1-2H3/t9-,10+/m0/s1. The van der Waals surface area contributed by atoms with Crippen LogP contribution < -0.4 is 4.72 Å². The molecular weight excluding hydrogens is 330 g/mol. The lowest BCUT2D eigenvalue weighted by Gasteiger charge is -2.28. The zero-order valence-electron chi connectivity index (χ0n) is 13.2.